The van der Waals surface area contributed by atoms with Crippen LogP contribution < -0.4 is 10.1 Å². The van der Waals surface area contributed by atoms with Crippen molar-refractivity contribution in [3.63, 3.8) is 0 Å². The summed E-state index contributed by atoms with van der Waals surface area (Å²) in [6.45, 7) is 0.469. The fourth-order valence-corrected chi connectivity index (χ4v) is 2.35. The van der Waals surface area contributed by atoms with Crippen LogP contribution in [0.4, 0.5) is 0 Å². The van der Waals surface area contributed by atoms with E-state index < -0.39 is 0 Å². The fourth-order valence-electron chi connectivity index (χ4n) is 2.16. The van der Waals surface area contributed by atoms with Gasteiger partial charge >= 0.3 is 0 Å². The molecule has 0 aliphatic heterocycles. The summed E-state index contributed by atoms with van der Waals surface area (Å²) in [5, 5.41) is 11.5. The molecule has 0 spiro atoms. The number of carbonyl (C=O) groups is 1. The molecule has 7 nitrogen and oxygen atoms in total. The lowest BCUT2D eigenvalue weighted by atomic mass is 10.3. The molecule has 0 aliphatic rings. The largest absolute Gasteiger partial charge is 0.470 e. The van der Waals surface area contributed by atoms with Crippen LogP contribution in [0.2, 0.25) is 5.02 Å². The van der Waals surface area contributed by atoms with Gasteiger partial charge in [-0.2, -0.15) is 10.2 Å². The second-order valence-electron chi connectivity index (χ2n) is 5.05. The Morgan fingerprint density at radius 1 is 1.21 bits per heavy atom. The van der Waals surface area contributed by atoms with Crippen LogP contribution in [0.3, 0.4) is 0 Å². The highest BCUT2D eigenvalue weighted by atomic mass is 35.5. The number of para-hydroxylation sites is 1. The normalized spacial score (nSPS) is 10.6. The third kappa shape index (κ3) is 3.57. The average Bonchev–Trinajstić information content (AvgIpc) is 3.21. The lowest BCUT2D eigenvalue weighted by Gasteiger charge is -2.11. The van der Waals surface area contributed by atoms with E-state index in [1.54, 1.807) is 35.3 Å². The molecule has 0 saturated carbocycles. The number of nitrogens with zero attached hydrogens (tertiary/aromatic N) is 4. The number of amides is 1. The first-order chi connectivity index (χ1) is 11.6. The molecule has 0 saturated heterocycles. The van der Waals surface area contributed by atoms with E-state index in [9.17, 15) is 4.79 Å². The predicted molar refractivity (Wildman–Crippen MR) is 88.7 cm³/mol. The van der Waals surface area contributed by atoms with Gasteiger partial charge in [-0.15, -0.1) is 0 Å². The molecular weight excluding hydrogens is 330 g/mol. The van der Waals surface area contributed by atoms with Gasteiger partial charge in [0, 0.05) is 19.4 Å². The molecule has 1 N–H and O–H groups in total. The maximum atomic E-state index is 12.3. The first-order valence-corrected chi connectivity index (χ1v) is 7.67. The molecule has 3 rings (SSSR count). The molecule has 0 aliphatic carbocycles. The van der Waals surface area contributed by atoms with Crippen LogP contribution in [0.25, 0.3) is 0 Å². The third-order valence-electron chi connectivity index (χ3n) is 3.48. The standard InChI is InChI=1S/C16H16ClN5O2/c1-21-12(6-8-19-21)10-18-16(23)14-7-9-20-22(14)11-24-15-5-3-2-4-13(15)17/h2-9H,10-11H2,1H3,(H,18,23). The second kappa shape index (κ2) is 7.18. The summed E-state index contributed by atoms with van der Waals surface area (Å²) in [4.78, 5) is 12.3. The lowest BCUT2D eigenvalue weighted by molar-refractivity contribution is 0.0928. The van der Waals surface area contributed by atoms with Gasteiger partial charge in [-0.3, -0.25) is 9.48 Å². The molecule has 124 valence electrons. The molecule has 1 aromatic carbocycles. The number of nitrogens with one attached hydrogen (secondary N) is 1. The van der Waals surface area contributed by atoms with Crippen LogP contribution in [0.15, 0.2) is 48.8 Å². The molecule has 0 bridgehead atoms. The van der Waals surface area contributed by atoms with Crippen molar-refractivity contribution in [2.45, 2.75) is 13.3 Å². The van der Waals surface area contributed by atoms with Crippen LogP contribution in [0, 0.1) is 0 Å². The first-order valence-electron chi connectivity index (χ1n) is 7.29. The molecule has 0 unspecified atom stereocenters. The SMILES string of the molecule is Cn1nccc1CNC(=O)c1ccnn1COc1ccccc1Cl. The van der Waals surface area contributed by atoms with Gasteiger partial charge in [0.05, 0.1) is 17.3 Å². The molecule has 2 heterocycles. The van der Waals surface area contributed by atoms with Crippen molar-refractivity contribution < 1.29 is 9.53 Å². The Kier molecular flexibility index (Phi) is 4.81. The highest BCUT2D eigenvalue weighted by Gasteiger charge is 2.13. The van der Waals surface area contributed by atoms with Crippen molar-refractivity contribution in [1.29, 1.82) is 0 Å². The fraction of sp³-hybridized carbons (Fsp3) is 0.188. The Bertz CT molecular complexity index is 842. The highest BCUT2D eigenvalue weighted by Crippen LogP contribution is 2.23. The monoisotopic (exact) mass is 345 g/mol. The van der Waals surface area contributed by atoms with Gasteiger partial charge in [-0.1, -0.05) is 23.7 Å². The number of benzene rings is 1. The number of hydrogen-bond acceptors (Lipinski definition) is 4. The summed E-state index contributed by atoms with van der Waals surface area (Å²) in [5.74, 6) is 0.298. The molecule has 0 radical (unpaired) electrons. The summed E-state index contributed by atoms with van der Waals surface area (Å²) in [5.41, 5.74) is 1.31. The van der Waals surface area contributed by atoms with Crippen molar-refractivity contribution in [3.8, 4) is 5.75 Å². The first kappa shape index (κ1) is 16.1. The number of aromatic nitrogens is 4. The predicted octanol–water partition coefficient (Wildman–Crippen LogP) is 2.24. The zero-order chi connectivity index (χ0) is 16.9. The van der Waals surface area contributed by atoms with E-state index in [2.05, 4.69) is 15.5 Å². The van der Waals surface area contributed by atoms with E-state index in [1.165, 1.54) is 4.68 Å². The lowest BCUT2D eigenvalue weighted by Crippen LogP contribution is -2.27. The summed E-state index contributed by atoms with van der Waals surface area (Å²) in [7, 11) is 1.82. The van der Waals surface area contributed by atoms with Gasteiger partial charge in [-0.05, 0) is 24.3 Å². The number of rotatable bonds is 6. The van der Waals surface area contributed by atoms with E-state index >= 15 is 0 Å². The van der Waals surface area contributed by atoms with Crippen LogP contribution in [0.1, 0.15) is 16.2 Å². The minimum Gasteiger partial charge on any atom is -0.470 e. The van der Waals surface area contributed by atoms with Crippen molar-refractivity contribution in [1.82, 2.24) is 24.9 Å². The zero-order valence-corrected chi connectivity index (χ0v) is 13.8. The Labute approximate surface area is 143 Å². The van der Waals surface area contributed by atoms with Gasteiger partial charge in [-0.25, -0.2) is 4.68 Å². The van der Waals surface area contributed by atoms with E-state index in [0.717, 1.165) is 5.69 Å². The van der Waals surface area contributed by atoms with Gasteiger partial charge in [0.2, 0.25) is 0 Å². The second-order valence-corrected chi connectivity index (χ2v) is 5.46. The minimum atomic E-state index is -0.239. The molecule has 2 aromatic heterocycles. The number of carbonyl (C=O) groups excluding carboxylic acids is 1. The smallest absolute Gasteiger partial charge is 0.270 e. The van der Waals surface area contributed by atoms with E-state index in [4.69, 9.17) is 16.3 Å². The van der Waals surface area contributed by atoms with Crippen molar-refractivity contribution in [2.24, 2.45) is 7.05 Å². The van der Waals surface area contributed by atoms with Crippen LogP contribution in [-0.2, 0) is 20.3 Å². The molecular formula is C16H16ClN5O2. The zero-order valence-electron chi connectivity index (χ0n) is 13.0. The number of hydrogen-bond donors (Lipinski definition) is 1. The van der Waals surface area contributed by atoms with Gasteiger partial charge in [0.1, 0.15) is 11.4 Å². The highest BCUT2D eigenvalue weighted by molar-refractivity contribution is 6.32. The van der Waals surface area contributed by atoms with Gasteiger partial charge in [0.15, 0.2) is 6.73 Å². The van der Waals surface area contributed by atoms with Crippen LogP contribution in [-0.4, -0.2) is 25.5 Å². The molecule has 3 aromatic rings. The molecule has 8 heteroatoms. The number of ether oxygens (including phenoxy) is 1. The van der Waals surface area contributed by atoms with Crippen LogP contribution in [0.5, 0.6) is 5.75 Å². The molecule has 24 heavy (non-hydrogen) atoms. The van der Waals surface area contributed by atoms with Crippen molar-refractivity contribution in [2.75, 3.05) is 0 Å². The number of halogens is 1. The Hall–Kier alpha value is -2.80. The Morgan fingerprint density at radius 3 is 2.75 bits per heavy atom. The summed E-state index contributed by atoms with van der Waals surface area (Å²) in [6.07, 6.45) is 3.23. The van der Waals surface area contributed by atoms with Crippen molar-refractivity contribution in [3.05, 3.63) is 65.2 Å². The Morgan fingerprint density at radius 2 is 2.00 bits per heavy atom. The van der Waals surface area contributed by atoms with Gasteiger partial charge in [0.25, 0.3) is 5.91 Å². The van der Waals surface area contributed by atoms with Crippen molar-refractivity contribution >= 4 is 17.5 Å². The van der Waals surface area contributed by atoms with Gasteiger partial charge < -0.3 is 10.1 Å². The van der Waals surface area contributed by atoms with E-state index in [0.29, 0.717) is 23.0 Å². The van der Waals surface area contributed by atoms with E-state index in [-0.39, 0.29) is 12.6 Å². The van der Waals surface area contributed by atoms with E-state index in [1.807, 2.05) is 25.2 Å². The quantitative estimate of drug-likeness (QED) is 0.743. The molecule has 0 fully saturated rings. The van der Waals surface area contributed by atoms with Crippen LogP contribution >= 0.6 is 11.6 Å². The molecule has 0 atom stereocenters. The summed E-state index contributed by atoms with van der Waals surface area (Å²) in [6, 6.07) is 10.6. The third-order valence-corrected chi connectivity index (χ3v) is 3.79. The average molecular weight is 346 g/mol. The summed E-state index contributed by atoms with van der Waals surface area (Å²) < 4.78 is 8.80. The minimum absolute atomic E-state index is 0.0885. The maximum absolute atomic E-state index is 12.3. The molecule has 1 amide bonds. The summed E-state index contributed by atoms with van der Waals surface area (Å²) >= 11 is 6.05. The topological polar surface area (TPSA) is 74.0 Å². The maximum Gasteiger partial charge on any atom is 0.270 e. The Balaban J connectivity index is 1.63. The number of aryl methyl sites for hydroxylation is 1.